The summed E-state index contributed by atoms with van der Waals surface area (Å²) in [7, 11) is 0. The van der Waals surface area contributed by atoms with Gasteiger partial charge in [0.15, 0.2) is 0 Å². The molecule has 0 fully saturated rings. The van der Waals surface area contributed by atoms with Crippen LogP contribution in [0.15, 0.2) is 54.6 Å². The van der Waals surface area contributed by atoms with E-state index in [0.717, 1.165) is 16.8 Å². The van der Waals surface area contributed by atoms with Gasteiger partial charge in [0, 0.05) is 16.6 Å². The lowest BCUT2D eigenvalue weighted by Gasteiger charge is -2.30. The second kappa shape index (κ2) is 5.00. The van der Waals surface area contributed by atoms with Crippen molar-refractivity contribution < 1.29 is 4.79 Å². The van der Waals surface area contributed by atoms with E-state index < -0.39 is 0 Å². The molecule has 0 radical (unpaired) electrons. The number of para-hydroxylation sites is 1. The van der Waals surface area contributed by atoms with Crippen LogP contribution in [-0.2, 0) is 11.2 Å². The summed E-state index contributed by atoms with van der Waals surface area (Å²) in [5, 5.41) is 4.55. The summed E-state index contributed by atoms with van der Waals surface area (Å²) in [6, 6.07) is 17.9. The quantitative estimate of drug-likeness (QED) is 0.677. The Morgan fingerprint density at radius 2 is 1.77 bits per heavy atom. The van der Waals surface area contributed by atoms with Crippen LogP contribution in [0.5, 0.6) is 0 Å². The maximum Gasteiger partial charge on any atom is 0.234 e. The van der Waals surface area contributed by atoms with Crippen molar-refractivity contribution in [1.82, 2.24) is 10.3 Å². The van der Waals surface area contributed by atoms with Gasteiger partial charge in [-0.1, -0.05) is 48.5 Å². The molecule has 4 N–H and O–H groups in total. The number of carbonyl (C=O) groups is 1. The number of primary amides is 1. The highest BCUT2D eigenvalue weighted by Gasteiger charge is 2.32. The normalized spacial score (nSPS) is 20.7. The Labute approximate surface area is 128 Å². The Balaban J connectivity index is 1.91. The summed E-state index contributed by atoms with van der Waals surface area (Å²) in [6.45, 7) is 0. The molecule has 1 aliphatic heterocycles. The average molecular weight is 291 g/mol. The van der Waals surface area contributed by atoms with Crippen molar-refractivity contribution in [2.75, 3.05) is 0 Å². The standard InChI is InChI=1S/C18H17N3O/c19-18(22)15-10-13-12-8-4-5-9-14(12)20-17(13)16(21-15)11-6-2-1-3-7-11/h1-9,15-16,20-21H,10H2,(H2,19,22)/t15-,16?/m1/s1. The SMILES string of the molecule is NC(=O)[C@H]1Cc2c([nH]c3ccccc23)C(c2ccccc2)N1. The Morgan fingerprint density at radius 3 is 2.55 bits per heavy atom. The zero-order chi connectivity index (χ0) is 15.1. The van der Waals surface area contributed by atoms with E-state index >= 15 is 0 Å². The first kappa shape index (κ1) is 13.1. The molecule has 0 saturated carbocycles. The number of aromatic amines is 1. The summed E-state index contributed by atoms with van der Waals surface area (Å²) in [6.07, 6.45) is 0.623. The van der Waals surface area contributed by atoms with E-state index in [1.54, 1.807) is 0 Å². The highest BCUT2D eigenvalue weighted by Crippen LogP contribution is 2.34. The fourth-order valence-corrected chi connectivity index (χ4v) is 3.33. The number of fused-ring (bicyclic) bond motifs is 3. The predicted molar refractivity (Wildman–Crippen MR) is 86.4 cm³/mol. The second-order valence-electron chi connectivity index (χ2n) is 5.73. The van der Waals surface area contributed by atoms with Crippen molar-refractivity contribution in [1.29, 1.82) is 0 Å². The summed E-state index contributed by atoms with van der Waals surface area (Å²) in [4.78, 5) is 15.3. The molecule has 2 atom stereocenters. The first-order valence-electron chi connectivity index (χ1n) is 7.44. The van der Waals surface area contributed by atoms with Crippen molar-refractivity contribution in [2.24, 2.45) is 5.73 Å². The summed E-state index contributed by atoms with van der Waals surface area (Å²) in [5.41, 5.74) is 10.1. The van der Waals surface area contributed by atoms with Crippen LogP contribution in [0.3, 0.4) is 0 Å². The summed E-state index contributed by atoms with van der Waals surface area (Å²) in [5.74, 6) is -0.308. The Hall–Kier alpha value is -2.59. The molecule has 1 unspecified atom stereocenters. The molecule has 22 heavy (non-hydrogen) atoms. The van der Waals surface area contributed by atoms with E-state index in [4.69, 9.17) is 5.73 Å². The van der Waals surface area contributed by atoms with Crippen LogP contribution in [0.1, 0.15) is 22.9 Å². The fourth-order valence-electron chi connectivity index (χ4n) is 3.33. The maximum atomic E-state index is 11.7. The second-order valence-corrected chi connectivity index (χ2v) is 5.73. The van der Waals surface area contributed by atoms with E-state index in [0.29, 0.717) is 6.42 Å². The van der Waals surface area contributed by atoms with Crippen LogP contribution in [0.25, 0.3) is 10.9 Å². The number of amides is 1. The van der Waals surface area contributed by atoms with Crippen LogP contribution in [0, 0.1) is 0 Å². The Morgan fingerprint density at radius 1 is 1.05 bits per heavy atom. The molecule has 0 aliphatic carbocycles. The molecule has 0 bridgehead atoms. The van der Waals surface area contributed by atoms with Gasteiger partial charge in [0.25, 0.3) is 0 Å². The molecular weight excluding hydrogens is 274 g/mol. The molecular formula is C18H17N3O. The van der Waals surface area contributed by atoms with Crippen molar-refractivity contribution >= 4 is 16.8 Å². The minimum atomic E-state index is -0.350. The maximum absolute atomic E-state index is 11.7. The largest absolute Gasteiger partial charge is 0.368 e. The van der Waals surface area contributed by atoms with E-state index in [2.05, 4.69) is 34.6 Å². The van der Waals surface area contributed by atoms with Crippen LogP contribution >= 0.6 is 0 Å². The Bertz CT molecular complexity index is 838. The third kappa shape index (κ3) is 2.00. The van der Waals surface area contributed by atoms with Gasteiger partial charge in [0.05, 0.1) is 12.1 Å². The molecule has 4 heteroatoms. The van der Waals surface area contributed by atoms with Gasteiger partial charge in [0.1, 0.15) is 0 Å². The molecule has 4 nitrogen and oxygen atoms in total. The lowest BCUT2D eigenvalue weighted by molar-refractivity contribution is -0.120. The molecule has 1 aliphatic rings. The minimum absolute atomic E-state index is 0.0464. The van der Waals surface area contributed by atoms with E-state index in [1.165, 1.54) is 10.9 Å². The minimum Gasteiger partial charge on any atom is -0.368 e. The van der Waals surface area contributed by atoms with Gasteiger partial charge in [-0.05, 0) is 23.6 Å². The molecule has 1 amide bonds. The molecule has 0 spiro atoms. The van der Waals surface area contributed by atoms with Crippen molar-refractivity contribution in [3.05, 3.63) is 71.4 Å². The number of nitrogens with two attached hydrogens (primary N) is 1. The van der Waals surface area contributed by atoms with Crippen LogP contribution in [-0.4, -0.2) is 16.9 Å². The molecule has 0 saturated heterocycles. The van der Waals surface area contributed by atoms with Gasteiger partial charge in [-0.3, -0.25) is 10.1 Å². The number of benzene rings is 2. The average Bonchev–Trinajstić information content (AvgIpc) is 2.93. The molecule has 1 aromatic heterocycles. The van der Waals surface area contributed by atoms with Crippen molar-refractivity contribution in [2.45, 2.75) is 18.5 Å². The lowest BCUT2D eigenvalue weighted by atomic mass is 9.90. The number of aromatic nitrogens is 1. The highest BCUT2D eigenvalue weighted by molar-refractivity contribution is 5.88. The number of H-pyrrole nitrogens is 1. The number of hydrogen-bond acceptors (Lipinski definition) is 2. The summed E-state index contributed by atoms with van der Waals surface area (Å²) >= 11 is 0. The molecule has 2 heterocycles. The number of rotatable bonds is 2. The topological polar surface area (TPSA) is 70.9 Å². The zero-order valence-electron chi connectivity index (χ0n) is 12.0. The predicted octanol–water partition coefficient (Wildman–Crippen LogP) is 2.26. The van der Waals surface area contributed by atoms with Crippen LogP contribution in [0.2, 0.25) is 0 Å². The zero-order valence-corrected chi connectivity index (χ0v) is 12.0. The van der Waals surface area contributed by atoms with Gasteiger partial charge < -0.3 is 10.7 Å². The van der Waals surface area contributed by atoms with Gasteiger partial charge in [0.2, 0.25) is 5.91 Å². The van der Waals surface area contributed by atoms with Gasteiger partial charge in [-0.25, -0.2) is 0 Å². The lowest BCUT2D eigenvalue weighted by Crippen LogP contribution is -2.47. The van der Waals surface area contributed by atoms with Gasteiger partial charge in [-0.15, -0.1) is 0 Å². The first-order chi connectivity index (χ1) is 10.7. The number of hydrogen-bond donors (Lipinski definition) is 3. The number of nitrogens with one attached hydrogen (secondary N) is 2. The third-order valence-electron chi connectivity index (χ3n) is 4.39. The molecule has 110 valence electrons. The van der Waals surface area contributed by atoms with E-state index in [1.807, 2.05) is 30.3 Å². The Kier molecular flexibility index (Phi) is 2.98. The first-order valence-corrected chi connectivity index (χ1v) is 7.44. The highest BCUT2D eigenvalue weighted by atomic mass is 16.1. The van der Waals surface area contributed by atoms with E-state index in [-0.39, 0.29) is 18.0 Å². The van der Waals surface area contributed by atoms with E-state index in [9.17, 15) is 4.79 Å². The van der Waals surface area contributed by atoms with Gasteiger partial charge in [-0.2, -0.15) is 0 Å². The van der Waals surface area contributed by atoms with Crippen molar-refractivity contribution in [3.63, 3.8) is 0 Å². The molecule has 4 rings (SSSR count). The molecule has 3 aromatic rings. The number of carbonyl (C=O) groups excluding carboxylic acids is 1. The molecule has 2 aromatic carbocycles. The summed E-state index contributed by atoms with van der Waals surface area (Å²) < 4.78 is 0. The smallest absolute Gasteiger partial charge is 0.234 e. The van der Waals surface area contributed by atoms with Gasteiger partial charge >= 0.3 is 0 Å². The van der Waals surface area contributed by atoms with Crippen LogP contribution in [0.4, 0.5) is 0 Å². The fraction of sp³-hybridized carbons (Fsp3) is 0.167. The van der Waals surface area contributed by atoms with Crippen LogP contribution < -0.4 is 11.1 Å². The van der Waals surface area contributed by atoms with Crippen molar-refractivity contribution in [3.8, 4) is 0 Å². The third-order valence-corrected chi connectivity index (χ3v) is 4.39. The monoisotopic (exact) mass is 291 g/mol.